The Hall–Kier alpha value is -2.28. The van der Waals surface area contributed by atoms with Crippen LogP contribution in [0.3, 0.4) is 0 Å². The van der Waals surface area contributed by atoms with Crippen LogP contribution in [-0.4, -0.2) is 44.8 Å². The topological polar surface area (TPSA) is 67.8 Å². The Balaban J connectivity index is 1.79. The molecule has 0 bridgehead atoms. The van der Waals surface area contributed by atoms with Crippen molar-refractivity contribution in [2.24, 2.45) is 4.99 Å². The standard InChI is InChI=1S/C20H30N4O2S/c1-5-21-20(22-11-6-7-19-24-15(2)14-27-19)23-12-10-16-8-9-17(25-3)18(13-16)26-4/h8-9,13-14H,5-7,10-12H2,1-4H3,(H2,21,22,23). The predicted molar refractivity (Wildman–Crippen MR) is 112 cm³/mol. The van der Waals surface area contributed by atoms with Crippen molar-refractivity contribution in [3.63, 3.8) is 0 Å². The number of hydrogen-bond donors (Lipinski definition) is 2. The van der Waals surface area contributed by atoms with Gasteiger partial charge in [0.25, 0.3) is 0 Å². The Labute approximate surface area is 166 Å². The van der Waals surface area contributed by atoms with Crippen LogP contribution in [-0.2, 0) is 12.8 Å². The molecule has 0 unspecified atom stereocenters. The van der Waals surface area contributed by atoms with Crippen molar-refractivity contribution in [2.45, 2.75) is 33.1 Å². The van der Waals surface area contributed by atoms with Crippen molar-refractivity contribution in [3.05, 3.63) is 39.8 Å². The van der Waals surface area contributed by atoms with E-state index in [0.29, 0.717) is 0 Å². The smallest absolute Gasteiger partial charge is 0.191 e. The summed E-state index contributed by atoms with van der Waals surface area (Å²) in [4.78, 5) is 9.15. The molecule has 0 saturated carbocycles. The van der Waals surface area contributed by atoms with E-state index in [0.717, 1.165) is 62.0 Å². The molecule has 0 saturated heterocycles. The van der Waals surface area contributed by atoms with E-state index in [4.69, 9.17) is 9.47 Å². The number of nitrogens with zero attached hydrogens (tertiary/aromatic N) is 2. The number of methoxy groups -OCH3 is 2. The molecule has 0 aliphatic carbocycles. The van der Waals surface area contributed by atoms with Gasteiger partial charge in [0, 0.05) is 37.1 Å². The molecule has 2 N–H and O–H groups in total. The molecule has 2 rings (SSSR count). The van der Waals surface area contributed by atoms with Gasteiger partial charge in [-0.2, -0.15) is 0 Å². The zero-order valence-corrected chi connectivity index (χ0v) is 17.5. The summed E-state index contributed by atoms with van der Waals surface area (Å²) in [6.07, 6.45) is 2.86. The zero-order valence-electron chi connectivity index (χ0n) is 16.7. The third-order valence-electron chi connectivity index (χ3n) is 3.98. The molecule has 0 aliphatic rings. The highest BCUT2D eigenvalue weighted by Crippen LogP contribution is 2.27. The van der Waals surface area contributed by atoms with E-state index >= 15 is 0 Å². The average Bonchev–Trinajstić information content (AvgIpc) is 3.10. The lowest BCUT2D eigenvalue weighted by molar-refractivity contribution is 0.354. The highest BCUT2D eigenvalue weighted by molar-refractivity contribution is 7.09. The second kappa shape index (κ2) is 11.4. The maximum atomic E-state index is 5.36. The predicted octanol–water partition coefficient (Wildman–Crippen LogP) is 3.20. The van der Waals surface area contributed by atoms with Gasteiger partial charge in [-0.15, -0.1) is 11.3 Å². The van der Waals surface area contributed by atoms with E-state index < -0.39 is 0 Å². The number of aliphatic imine (C=N–C) groups is 1. The molecule has 0 aliphatic heterocycles. The number of rotatable bonds is 10. The fourth-order valence-electron chi connectivity index (χ4n) is 2.64. The highest BCUT2D eigenvalue weighted by Gasteiger charge is 2.05. The number of aromatic nitrogens is 1. The lowest BCUT2D eigenvalue weighted by Gasteiger charge is -2.12. The van der Waals surface area contributed by atoms with Crippen LogP contribution in [0.4, 0.5) is 0 Å². The number of guanidine groups is 1. The van der Waals surface area contributed by atoms with Gasteiger partial charge in [0.15, 0.2) is 17.5 Å². The third kappa shape index (κ3) is 7.09. The minimum absolute atomic E-state index is 0.750. The molecule has 0 radical (unpaired) electrons. The van der Waals surface area contributed by atoms with Crippen LogP contribution in [0.15, 0.2) is 28.6 Å². The van der Waals surface area contributed by atoms with Gasteiger partial charge in [0.05, 0.1) is 19.2 Å². The van der Waals surface area contributed by atoms with Crippen LogP contribution in [0.5, 0.6) is 11.5 Å². The summed E-state index contributed by atoms with van der Waals surface area (Å²) in [6, 6.07) is 6.01. The Bertz CT molecular complexity index is 731. The molecule has 0 atom stereocenters. The Morgan fingerprint density at radius 3 is 2.63 bits per heavy atom. The van der Waals surface area contributed by atoms with Crippen molar-refractivity contribution in [2.75, 3.05) is 33.9 Å². The van der Waals surface area contributed by atoms with E-state index in [1.54, 1.807) is 25.6 Å². The lowest BCUT2D eigenvalue weighted by atomic mass is 10.1. The van der Waals surface area contributed by atoms with E-state index in [1.165, 1.54) is 10.6 Å². The van der Waals surface area contributed by atoms with Gasteiger partial charge in [-0.05, 0) is 44.4 Å². The number of nitrogens with one attached hydrogen (secondary N) is 2. The van der Waals surface area contributed by atoms with Crippen molar-refractivity contribution in [1.29, 1.82) is 0 Å². The average molecular weight is 391 g/mol. The van der Waals surface area contributed by atoms with Gasteiger partial charge >= 0.3 is 0 Å². The molecule has 2 aromatic rings. The first-order valence-electron chi connectivity index (χ1n) is 9.30. The number of benzene rings is 1. The summed E-state index contributed by atoms with van der Waals surface area (Å²) in [5.41, 5.74) is 2.29. The summed E-state index contributed by atoms with van der Waals surface area (Å²) in [5.74, 6) is 2.36. The molecule has 148 valence electrons. The van der Waals surface area contributed by atoms with Crippen LogP contribution in [0.2, 0.25) is 0 Å². The van der Waals surface area contributed by atoms with Gasteiger partial charge < -0.3 is 20.1 Å². The SMILES string of the molecule is CCNC(=NCCCc1nc(C)cs1)NCCc1ccc(OC)c(OC)c1. The molecule has 0 spiro atoms. The fourth-order valence-corrected chi connectivity index (χ4v) is 3.46. The second-order valence-electron chi connectivity index (χ2n) is 6.11. The normalized spacial score (nSPS) is 11.3. The van der Waals surface area contributed by atoms with Gasteiger partial charge in [-0.25, -0.2) is 4.98 Å². The zero-order chi connectivity index (χ0) is 19.5. The van der Waals surface area contributed by atoms with Crippen LogP contribution in [0, 0.1) is 6.92 Å². The summed E-state index contributed by atoms with van der Waals surface area (Å²) in [5, 5.41) is 9.97. The van der Waals surface area contributed by atoms with Gasteiger partial charge in [0.2, 0.25) is 0 Å². The molecular formula is C20H30N4O2S. The first kappa shape index (κ1) is 21.0. The van der Waals surface area contributed by atoms with E-state index in [1.807, 2.05) is 19.1 Å². The summed E-state index contributed by atoms with van der Waals surface area (Å²) >= 11 is 1.73. The fraction of sp³-hybridized carbons (Fsp3) is 0.500. The second-order valence-corrected chi connectivity index (χ2v) is 7.06. The summed E-state index contributed by atoms with van der Waals surface area (Å²) in [6.45, 7) is 6.53. The Morgan fingerprint density at radius 2 is 1.96 bits per heavy atom. The van der Waals surface area contributed by atoms with E-state index in [9.17, 15) is 0 Å². The third-order valence-corrected chi connectivity index (χ3v) is 5.01. The van der Waals surface area contributed by atoms with E-state index in [2.05, 4.69) is 39.0 Å². The number of ether oxygens (including phenoxy) is 2. The maximum absolute atomic E-state index is 5.36. The Morgan fingerprint density at radius 1 is 1.15 bits per heavy atom. The molecule has 0 amide bonds. The molecule has 1 aromatic carbocycles. The largest absolute Gasteiger partial charge is 0.493 e. The molecule has 0 fully saturated rings. The van der Waals surface area contributed by atoms with Crippen LogP contribution in [0.25, 0.3) is 0 Å². The Kier molecular flexibility index (Phi) is 8.91. The summed E-state index contributed by atoms with van der Waals surface area (Å²) < 4.78 is 10.6. The highest BCUT2D eigenvalue weighted by atomic mass is 32.1. The quantitative estimate of drug-likeness (QED) is 0.370. The van der Waals surface area contributed by atoms with Crippen molar-refractivity contribution < 1.29 is 9.47 Å². The first-order chi connectivity index (χ1) is 13.2. The molecule has 1 aromatic heterocycles. The molecule has 7 heteroatoms. The van der Waals surface area contributed by atoms with E-state index in [-0.39, 0.29) is 0 Å². The number of aryl methyl sites for hydroxylation is 2. The van der Waals surface area contributed by atoms with Gasteiger partial charge in [0.1, 0.15) is 0 Å². The maximum Gasteiger partial charge on any atom is 0.191 e. The lowest BCUT2D eigenvalue weighted by Crippen LogP contribution is -2.38. The minimum Gasteiger partial charge on any atom is -0.493 e. The molecular weight excluding hydrogens is 360 g/mol. The van der Waals surface area contributed by atoms with Crippen LogP contribution >= 0.6 is 11.3 Å². The van der Waals surface area contributed by atoms with Crippen molar-refractivity contribution in [3.8, 4) is 11.5 Å². The van der Waals surface area contributed by atoms with Gasteiger partial charge in [-0.3, -0.25) is 4.99 Å². The van der Waals surface area contributed by atoms with Crippen LogP contribution < -0.4 is 20.1 Å². The molecule has 1 heterocycles. The minimum atomic E-state index is 0.750. The van der Waals surface area contributed by atoms with Gasteiger partial charge in [-0.1, -0.05) is 6.07 Å². The number of hydrogen-bond acceptors (Lipinski definition) is 5. The molecule has 27 heavy (non-hydrogen) atoms. The first-order valence-corrected chi connectivity index (χ1v) is 10.2. The monoisotopic (exact) mass is 390 g/mol. The van der Waals surface area contributed by atoms with Crippen molar-refractivity contribution in [1.82, 2.24) is 15.6 Å². The number of thiazole rings is 1. The molecule has 6 nitrogen and oxygen atoms in total. The summed E-state index contributed by atoms with van der Waals surface area (Å²) in [7, 11) is 3.30. The van der Waals surface area contributed by atoms with Crippen molar-refractivity contribution >= 4 is 17.3 Å². The van der Waals surface area contributed by atoms with Crippen LogP contribution in [0.1, 0.15) is 29.6 Å².